The summed E-state index contributed by atoms with van der Waals surface area (Å²) >= 11 is 11.7. The summed E-state index contributed by atoms with van der Waals surface area (Å²) in [5.74, 6) is -0.327. The van der Waals surface area contributed by atoms with Crippen molar-refractivity contribution in [2.75, 3.05) is 4.90 Å². The van der Waals surface area contributed by atoms with Crippen LogP contribution in [0.1, 0.15) is 17.0 Å². The van der Waals surface area contributed by atoms with E-state index in [9.17, 15) is 18.0 Å². The van der Waals surface area contributed by atoms with E-state index in [0.717, 1.165) is 4.52 Å². The summed E-state index contributed by atoms with van der Waals surface area (Å²) in [6.45, 7) is -0.336. The predicted molar refractivity (Wildman–Crippen MR) is 89.3 cm³/mol. The van der Waals surface area contributed by atoms with Crippen LogP contribution in [0.4, 0.5) is 18.9 Å². The summed E-state index contributed by atoms with van der Waals surface area (Å²) in [5, 5.41) is 4.38. The van der Waals surface area contributed by atoms with E-state index < -0.39 is 11.9 Å². The first-order chi connectivity index (χ1) is 12.2. The molecular formula is C16H9Cl2F3N4O. The SMILES string of the molecule is O=C1Cc2cc(Cl)ccc2N1Cc1c(C(F)(F)F)nc2ccc(Cl)nn12. The van der Waals surface area contributed by atoms with Gasteiger partial charge in [-0.3, -0.25) is 4.79 Å². The molecule has 26 heavy (non-hydrogen) atoms. The Kier molecular flexibility index (Phi) is 3.85. The Morgan fingerprint density at radius 1 is 1.15 bits per heavy atom. The number of carbonyl (C=O) groups is 1. The fourth-order valence-corrected chi connectivity index (χ4v) is 3.33. The van der Waals surface area contributed by atoms with Crippen LogP contribution in [0.3, 0.4) is 0 Å². The first kappa shape index (κ1) is 17.1. The van der Waals surface area contributed by atoms with Gasteiger partial charge in [-0.15, -0.1) is 0 Å². The van der Waals surface area contributed by atoms with Crippen LogP contribution in [0.15, 0.2) is 30.3 Å². The number of nitrogens with zero attached hydrogens (tertiary/aromatic N) is 4. The second-order valence-corrected chi connectivity index (χ2v) is 6.58. The zero-order chi connectivity index (χ0) is 18.6. The van der Waals surface area contributed by atoms with Gasteiger partial charge in [0.25, 0.3) is 0 Å². The number of amides is 1. The molecule has 10 heteroatoms. The van der Waals surface area contributed by atoms with Gasteiger partial charge in [-0.1, -0.05) is 23.2 Å². The van der Waals surface area contributed by atoms with Crippen LogP contribution in [-0.2, 0) is 23.9 Å². The van der Waals surface area contributed by atoms with E-state index >= 15 is 0 Å². The number of benzene rings is 1. The highest BCUT2D eigenvalue weighted by atomic mass is 35.5. The predicted octanol–water partition coefficient (Wildman–Crippen LogP) is 4.14. The largest absolute Gasteiger partial charge is 0.435 e. The fraction of sp³-hybridized carbons (Fsp3) is 0.188. The normalized spacial score (nSPS) is 14.3. The summed E-state index contributed by atoms with van der Waals surface area (Å²) < 4.78 is 41.4. The Morgan fingerprint density at radius 2 is 1.92 bits per heavy atom. The molecule has 0 atom stereocenters. The summed E-state index contributed by atoms with van der Waals surface area (Å²) in [6, 6.07) is 7.52. The number of halogens is 5. The van der Waals surface area contributed by atoms with Crippen molar-refractivity contribution in [2.45, 2.75) is 19.1 Å². The molecule has 3 aromatic rings. The molecule has 1 aliphatic heterocycles. The van der Waals surface area contributed by atoms with E-state index in [1.54, 1.807) is 18.2 Å². The van der Waals surface area contributed by atoms with Crippen molar-refractivity contribution in [2.24, 2.45) is 0 Å². The highest BCUT2D eigenvalue weighted by molar-refractivity contribution is 6.31. The minimum Gasteiger partial charge on any atom is -0.306 e. The van der Waals surface area contributed by atoms with Gasteiger partial charge < -0.3 is 4.90 Å². The minimum atomic E-state index is -4.69. The molecule has 1 amide bonds. The smallest absolute Gasteiger partial charge is 0.306 e. The lowest BCUT2D eigenvalue weighted by molar-refractivity contribution is -0.141. The molecule has 0 bridgehead atoms. The molecule has 0 N–H and O–H groups in total. The van der Waals surface area contributed by atoms with E-state index in [2.05, 4.69) is 10.1 Å². The fourth-order valence-electron chi connectivity index (χ4n) is 3.00. The molecule has 1 aromatic carbocycles. The zero-order valence-electron chi connectivity index (χ0n) is 12.9. The highest BCUT2D eigenvalue weighted by Crippen LogP contribution is 2.36. The minimum absolute atomic E-state index is 0.000277. The van der Waals surface area contributed by atoms with Gasteiger partial charge in [0.2, 0.25) is 5.91 Å². The molecule has 0 aliphatic carbocycles. The Hall–Kier alpha value is -2.32. The van der Waals surface area contributed by atoms with E-state index in [-0.39, 0.29) is 35.4 Å². The molecule has 0 saturated heterocycles. The van der Waals surface area contributed by atoms with Crippen molar-refractivity contribution < 1.29 is 18.0 Å². The average molecular weight is 401 g/mol. The van der Waals surface area contributed by atoms with Gasteiger partial charge >= 0.3 is 6.18 Å². The first-order valence-electron chi connectivity index (χ1n) is 7.44. The van der Waals surface area contributed by atoms with Crippen LogP contribution in [0, 0.1) is 0 Å². The lowest BCUT2D eigenvalue weighted by Gasteiger charge is -2.18. The Bertz CT molecular complexity index is 1050. The number of carbonyl (C=O) groups excluding carboxylic acids is 1. The van der Waals surface area contributed by atoms with Gasteiger partial charge in [0.1, 0.15) is 5.15 Å². The number of anilines is 1. The summed E-state index contributed by atoms with van der Waals surface area (Å²) in [4.78, 5) is 17.2. The van der Waals surface area contributed by atoms with E-state index in [4.69, 9.17) is 23.2 Å². The lowest BCUT2D eigenvalue weighted by atomic mass is 10.2. The number of imidazole rings is 1. The average Bonchev–Trinajstić information content (AvgIpc) is 3.05. The second kappa shape index (κ2) is 5.85. The third-order valence-electron chi connectivity index (χ3n) is 4.09. The van der Waals surface area contributed by atoms with Gasteiger partial charge in [0.15, 0.2) is 11.3 Å². The molecule has 4 rings (SSSR count). The summed E-state index contributed by atoms with van der Waals surface area (Å²) in [6.07, 6.45) is -4.62. The molecular weight excluding hydrogens is 392 g/mol. The van der Waals surface area contributed by atoms with E-state index in [0.29, 0.717) is 16.3 Å². The number of rotatable bonds is 2. The maximum atomic E-state index is 13.4. The van der Waals surface area contributed by atoms with E-state index in [1.807, 2.05) is 0 Å². The molecule has 0 unspecified atom stereocenters. The topological polar surface area (TPSA) is 50.5 Å². The third kappa shape index (κ3) is 2.79. The van der Waals surface area contributed by atoms with Crippen LogP contribution in [0.5, 0.6) is 0 Å². The van der Waals surface area contributed by atoms with Crippen LogP contribution in [0.25, 0.3) is 5.65 Å². The van der Waals surface area contributed by atoms with E-state index in [1.165, 1.54) is 17.0 Å². The monoisotopic (exact) mass is 400 g/mol. The van der Waals surface area contributed by atoms with Gasteiger partial charge in [-0.2, -0.15) is 18.3 Å². The standard InChI is InChI=1S/C16H9Cl2F3N4O/c17-9-1-2-10-8(5-9)6-14(26)24(10)7-11-15(16(19,20)21)22-13-4-3-12(18)23-25(11)13/h1-5H,6-7H2. The van der Waals surface area contributed by atoms with Crippen molar-refractivity contribution in [3.63, 3.8) is 0 Å². The highest BCUT2D eigenvalue weighted by Gasteiger charge is 2.40. The molecule has 3 heterocycles. The van der Waals surface area contributed by atoms with Crippen molar-refractivity contribution in [1.82, 2.24) is 14.6 Å². The van der Waals surface area contributed by atoms with Crippen LogP contribution >= 0.6 is 23.2 Å². The molecule has 134 valence electrons. The van der Waals surface area contributed by atoms with Crippen LogP contribution in [0.2, 0.25) is 10.2 Å². The van der Waals surface area contributed by atoms with Gasteiger partial charge in [0.05, 0.1) is 18.7 Å². The molecule has 5 nitrogen and oxygen atoms in total. The maximum absolute atomic E-state index is 13.4. The van der Waals surface area contributed by atoms with Crippen molar-refractivity contribution >= 4 is 40.4 Å². The Labute approximate surface area is 154 Å². The number of aromatic nitrogens is 3. The third-order valence-corrected chi connectivity index (χ3v) is 4.53. The Morgan fingerprint density at radius 3 is 2.65 bits per heavy atom. The first-order valence-corrected chi connectivity index (χ1v) is 8.20. The number of fused-ring (bicyclic) bond motifs is 2. The van der Waals surface area contributed by atoms with Crippen molar-refractivity contribution in [3.05, 3.63) is 57.5 Å². The maximum Gasteiger partial charge on any atom is 0.435 e. The van der Waals surface area contributed by atoms with Crippen LogP contribution in [-0.4, -0.2) is 20.5 Å². The van der Waals surface area contributed by atoms with Gasteiger partial charge in [-0.05, 0) is 35.9 Å². The quantitative estimate of drug-likeness (QED) is 0.649. The molecule has 1 aliphatic rings. The molecule has 0 saturated carbocycles. The molecule has 2 aromatic heterocycles. The molecule has 0 radical (unpaired) electrons. The molecule has 0 fully saturated rings. The zero-order valence-corrected chi connectivity index (χ0v) is 14.4. The second-order valence-electron chi connectivity index (χ2n) is 5.76. The van der Waals surface area contributed by atoms with Crippen molar-refractivity contribution in [1.29, 1.82) is 0 Å². The number of hydrogen-bond donors (Lipinski definition) is 0. The lowest BCUT2D eigenvalue weighted by Crippen LogP contribution is -2.28. The van der Waals surface area contributed by atoms with Crippen molar-refractivity contribution in [3.8, 4) is 0 Å². The Balaban J connectivity index is 1.85. The molecule has 0 spiro atoms. The van der Waals surface area contributed by atoms with Gasteiger partial charge in [0, 0.05) is 10.7 Å². The van der Waals surface area contributed by atoms with Crippen LogP contribution < -0.4 is 4.90 Å². The summed E-state index contributed by atoms with van der Waals surface area (Å²) in [5.41, 5.74) is -0.172. The summed E-state index contributed by atoms with van der Waals surface area (Å²) in [7, 11) is 0. The van der Waals surface area contributed by atoms with Gasteiger partial charge in [-0.25, -0.2) is 9.50 Å². The number of hydrogen-bond acceptors (Lipinski definition) is 3. The number of alkyl halides is 3.